The van der Waals surface area contributed by atoms with Crippen molar-refractivity contribution in [3.8, 4) is 28.2 Å². The molecule has 3 aromatic carbocycles. The fraction of sp³-hybridized carbons (Fsp3) is 0. The Kier molecular flexibility index (Phi) is 4.80. The fourth-order valence-electron chi connectivity index (χ4n) is 2.95. The molecule has 0 spiro atoms. The van der Waals surface area contributed by atoms with Crippen molar-refractivity contribution in [1.82, 2.24) is 0 Å². The molecule has 1 heterocycles. The molecule has 0 saturated carbocycles. The number of para-hydroxylation sites is 1. The molecule has 0 bridgehead atoms. The van der Waals surface area contributed by atoms with E-state index in [1.807, 2.05) is 78.9 Å². The van der Waals surface area contributed by atoms with E-state index in [0.29, 0.717) is 0 Å². The van der Waals surface area contributed by atoms with Gasteiger partial charge in [-0.05, 0) is 29.8 Å². The molecule has 0 aliphatic carbocycles. The lowest BCUT2D eigenvalue weighted by atomic mass is 10.0. The number of hydrogen-bond donors (Lipinski definition) is 1. The van der Waals surface area contributed by atoms with Crippen LogP contribution in [0, 0.1) is 0 Å². The van der Waals surface area contributed by atoms with Gasteiger partial charge in [-0.15, -0.1) is 0 Å². The van der Waals surface area contributed by atoms with E-state index in [2.05, 4.69) is 18.2 Å². The second kappa shape index (κ2) is 7.71. The smallest absolute Gasteiger partial charge is 0.361 e. The third-order valence-corrected chi connectivity index (χ3v) is 4.34. The molecule has 4 aromatic rings. The first kappa shape index (κ1) is 16.8. The summed E-state index contributed by atoms with van der Waals surface area (Å²) >= 11 is 0. The molecular formula is C25H19O2+. The molecule has 2 heteroatoms. The summed E-state index contributed by atoms with van der Waals surface area (Å²) in [5, 5.41) is 9.97. The van der Waals surface area contributed by atoms with Gasteiger partial charge in [-0.25, -0.2) is 4.42 Å². The Morgan fingerprint density at radius 3 is 1.93 bits per heavy atom. The summed E-state index contributed by atoms with van der Waals surface area (Å²) in [5.74, 6) is 1.77. The van der Waals surface area contributed by atoms with E-state index in [1.54, 1.807) is 12.1 Å². The molecule has 0 unspecified atom stereocenters. The van der Waals surface area contributed by atoms with Crippen molar-refractivity contribution in [1.29, 1.82) is 0 Å². The van der Waals surface area contributed by atoms with Crippen LogP contribution < -0.4 is 0 Å². The maximum absolute atomic E-state index is 9.97. The van der Waals surface area contributed by atoms with Crippen LogP contribution in [0.1, 0.15) is 11.3 Å². The lowest BCUT2D eigenvalue weighted by Gasteiger charge is -2.01. The Bertz CT molecular complexity index is 1010. The molecule has 0 aliphatic heterocycles. The van der Waals surface area contributed by atoms with Crippen molar-refractivity contribution in [2.45, 2.75) is 0 Å². The highest BCUT2D eigenvalue weighted by Gasteiger charge is 2.17. The van der Waals surface area contributed by atoms with Crippen LogP contribution in [0.15, 0.2) is 101 Å². The van der Waals surface area contributed by atoms with Crippen molar-refractivity contribution < 1.29 is 9.52 Å². The molecule has 2 nitrogen and oxygen atoms in total. The number of aromatic hydroxyl groups is 1. The third kappa shape index (κ3) is 3.96. The molecule has 1 aromatic heterocycles. The number of rotatable bonds is 4. The van der Waals surface area contributed by atoms with Crippen molar-refractivity contribution in [3.05, 3.63) is 108 Å². The topological polar surface area (TPSA) is 31.5 Å². The first-order chi connectivity index (χ1) is 13.3. The predicted molar refractivity (Wildman–Crippen MR) is 111 cm³/mol. The van der Waals surface area contributed by atoms with E-state index < -0.39 is 0 Å². The number of benzene rings is 3. The highest BCUT2D eigenvalue weighted by molar-refractivity contribution is 5.75. The molecule has 0 amide bonds. The first-order valence-electron chi connectivity index (χ1n) is 8.85. The third-order valence-electron chi connectivity index (χ3n) is 4.34. The summed E-state index contributed by atoms with van der Waals surface area (Å²) < 4.78 is 6.12. The van der Waals surface area contributed by atoms with Gasteiger partial charge in [0.25, 0.3) is 0 Å². The Morgan fingerprint density at radius 1 is 0.593 bits per heavy atom. The molecule has 0 atom stereocenters. The van der Waals surface area contributed by atoms with E-state index in [9.17, 15) is 5.11 Å². The largest absolute Gasteiger partial charge is 0.507 e. The van der Waals surface area contributed by atoms with Crippen molar-refractivity contribution in [2.75, 3.05) is 0 Å². The van der Waals surface area contributed by atoms with Gasteiger partial charge < -0.3 is 5.11 Å². The van der Waals surface area contributed by atoms with E-state index in [1.165, 1.54) is 0 Å². The van der Waals surface area contributed by atoms with Gasteiger partial charge >= 0.3 is 11.5 Å². The minimum Gasteiger partial charge on any atom is -0.507 e. The van der Waals surface area contributed by atoms with Crippen LogP contribution in [0.4, 0.5) is 0 Å². The zero-order valence-electron chi connectivity index (χ0n) is 14.7. The maximum atomic E-state index is 9.97. The van der Waals surface area contributed by atoms with E-state index in [0.717, 1.165) is 33.8 Å². The van der Waals surface area contributed by atoms with Gasteiger partial charge in [-0.2, -0.15) is 0 Å². The second-order valence-electron chi connectivity index (χ2n) is 6.24. The standard InChI is InChI=1S/C25H18O2/c26-24-14-8-7-11-20(24)15-16-23-17-22(19-9-3-1-4-10-19)18-25(27-23)21-12-5-2-6-13-21/h1-18H/p+1. The molecule has 0 saturated heterocycles. The van der Waals surface area contributed by atoms with Crippen molar-refractivity contribution >= 4 is 12.2 Å². The van der Waals surface area contributed by atoms with Crippen molar-refractivity contribution in [2.24, 2.45) is 0 Å². The molecule has 1 N–H and O–H groups in total. The zero-order valence-corrected chi connectivity index (χ0v) is 14.7. The lowest BCUT2D eigenvalue weighted by Crippen LogP contribution is -1.85. The molecule has 130 valence electrons. The minimum atomic E-state index is 0.247. The van der Waals surface area contributed by atoms with Gasteiger partial charge in [-0.3, -0.25) is 0 Å². The Balaban J connectivity index is 1.80. The Labute approximate surface area is 158 Å². The van der Waals surface area contributed by atoms with Crippen LogP contribution in [0.5, 0.6) is 5.75 Å². The molecule has 27 heavy (non-hydrogen) atoms. The van der Waals surface area contributed by atoms with Gasteiger partial charge in [0.05, 0.1) is 17.7 Å². The van der Waals surface area contributed by atoms with Gasteiger partial charge in [-0.1, -0.05) is 66.7 Å². The Hall–Kier alpha value is -3.65. The maximum Gasteiger partial charge on any atom is 0.361 e. The average molecular weight is 351 g/mol. The predicted octanol–water partition coefficient (Wildman–Crippen LogP) is 6.77. The SMILES string of the molecule is Oc1ccccc1C=Cc1cc(-c2ccccc2)cc(-c2ccccc2)[o+]1. The summed E-state index contributed by atoms with van der Waals surface area (Å²) in [6.07, 6.45) is 3.74. The number of phenolic OH excluding ortho intramolecular Hbond substituents is 1. The first-order valence-corrected chi connectivity index (χ1v) is 8.85. The van der Waals surface area contributed by atoms with Gasteiger partial charge in [0.15, 0.2) is 0 Å². The van der Waals surface area contributed by atoms with Crippen LogP contribution in [0.25, 0.3) is 34.6 Å². The molecule has 4 rings (SSSR count). The summed E-state index contributed by atoms with van der Waals surface area (Å²) in [6.45, 7) is 0. The second-order valence-corrected chi connectivity index (χ2v) is 6.24. The van der Waals surface area contributed by atoms with E-state index in [-0.39, 0.29) is 5.75 Å². The normalized spacial score (nSPS) is 11.0. The van der Waals surface area contributed by atoms with Crippen LogP contribution >= 0.6 is 0 Å². The summed E-state index contributed by atoms with van der Waals surface area (Å²) in [6, 6.07) is 31.6. The summed E-state index contributed by atoms with van der Waals surface area (Å²) in [4.78, 5) is 0. The molecule has 0 radical (unpaired) electrons. The zero-order chi connectivity index (χ0) is 18.5. The molecule has 0 fully saturated rings. The van der Waals surface area contributed by atoms with Gasteiger partial charge in [0, 0.05) is 17.2 Å². The van der Waals surface area contributed by atoms with Crippen LogP contribution in [0.3, 0.4) is 0 Å². The number of hydrogen-bond acceptors (Lipinski definition) is 1. The summed E-state index contributed by atoms with van der Waals surface area (Å²) in [5.41, 5.74) is 3.98. The van der Waals surface area contributed by atoms with Gasteiger partial charge in [0.1, 0.15) is 5.75 Å². The molecular weight excluding hydrogens is 332 g/mol. The quantitative estimate of drug-likeness (QED) is 0.411. The van der Waals surface area contributed by atoms with E-state index in [4.69, 9.17) is 4.42 Å². The number of phenols is 1. The highest BCUT2D eigenvalue weighted by Crippen LogP contribution is 2.29. The van der Waals surface area contributed by atoms with Gasteiger partial charge in [0.2, 0.25) is 0 Å². The Morgan fingerprint density at radius 2 is 1.22 bits per heavy atom. The van der Waals surface area contributed by atoms with Crippen LogP contribution in [-0.4, -0.2) is 5.11 Å². The highest BCUT2D eigenvalue weighted by atomic mass is 16.3. The van der Waals surface area contributed by atoms with Crippen LogP contribution in [-0.2, 0) is 0 Å². The van der Waals surface area contributed by atoms with E-state index >= 15 is 0 Å². The lowest BCUT2D eigenvalue weighted by molar-refractivity contribution is 0.474. The van der Waals surface area contributed by atoms with Crippen LogP contribution in [0.2, 0.25) is 0 Å². The minimum absolute atomic E-state index is 0.247. The average Bonchev–Trinajstić information content (AvgIpc) is 2.74. The monoisotopic (exact) mass is 351 g/mol. The fourth-order valence-corrected chi connectivity index (χ4v) is 2.95. The van der Waals surface area contributed by atoms with Crippen molar-refractivity contribution in [3.63, 3.8) is 0 Å². The summed E-state index contributed by atoms with van der Waals surface area (Å²) in [7, 11) is 0. The molecule has 0 aliphatic rings.